The van der Waals surface area contributed by atoms with E-state index in [0.717, 1.165) is 5.56 Å². The standard InChI is InChI=1S/C18H13Cl2NO2S/c1-2-24-17-14(18(22)23)13-11(19)8-9-12(20)16(13)21-15(17)10-6-4-3-5-7-10/h3-9H,2H2,1H3,(H,22,23). The lowest BCUT2D eigenvalue weighted by atomic mass is 10.0. The van der Waals surface area contributed by atoms with Gasteiger partial charge in [0.25, 0.3) is 0 Å². The van der Waals surface area contributed by atoms with E-state index in [9.17, 15) is 9.90 Å². The van der Waals surface area contributed by atoms with Crippen LogP contribution in [0, 0.1) is 0 Å². The van der Waals surface area contributed by atoms with Crippen molar-refractivity contribution in [2.24, 2.45) is 0 Å². The molecule has 0 bridgehead atoms. The molecule has 0 aliphatic rings. The van der Waals surface area contributed by atoms with Gasteiger partial charge in [-0.25, -0.2) is 9.78 Å². The van der Waals surface area contributed by atoms with Crippen LogP contribution < -0.4 is 0 Å². The van der Waals surface area contributed by atoms with Gasteiger partial charge in [0.15, 0.2) is 0 Å². The van der Waals surface area contributed by atoms with E-state index < -0.39 is 5.97 Å². The molecule has 24 heavy (non-hydrogen) atoms. The maximum Gasteiger partial charge on any atom is 0.337 e. The highest BCUT2D eigenvalue weighted by Crippen LogP contribution is 2.41. The number of aromatic carboxylic acids is 1. The first-order chi connectivity index (χ1) is 11.5. The minimum atomic E-state index is -1.04. The molecule has 2 aromatic carbocycles. The van der Waals surface area contributed by atoms with Crippen LogP contribution in [-0.4, -0.2) is 21.8 Å². The number of aromatic nitrogens is 1. The first-order valence-electron chi connectivity index (χ1n) is 7.27. The maximum atomic E-state index is 12.0. The normalized spacial score (nSPS) is 11.0. The molecule has 0 radical (unpaired) electrons. The number of thioether (sulfide) groups is 1. The van der Waals surface area contributed by atoms with E-state index >= 15 is 0 Å². The molecule has 0 saturated carbocycles. The summed E-state index contributed by atoms with van der Waals surface area (Å²) < 4.78 is 0. The van der Waals surface area contributed by atoms with Crippen LogP contribution in [0.2, 0.25) is 10.0 Å². The van der Waals surface area contributed by atoms with Crippen molar-refractivity contribution in [3.05, 3.63) is 58.1 Å². The van der Waals surface area contributed by atoms with Crippen molar-refractivity contribution in [1.29, 1.82) is 0 Å². The number of carboxylic acid groups (broad SMARTS) is 1. The zero-order valence-electron chi connectivity index (χ0n) is 12.7. The van der Waals surface area contributed by atoms with Gasteiger partial charge in [-0.3, -0.25) is 0 Å². The Labute approximate surface area is 153 Å². The van der Waals surface area contributed by atoms with Crippen LogP contribution >= 0.6 is 35.0 Å². The average Bonchev–Trinajstić information content (AvgIpc) is 2.58. The highest BCUT2D eigenvalue weighted by atomic mass is 35.5. The molecule has 122 valence electrons. The summed E-state index contributed by atoms with van der Waals surface area (Å²) in [4.78, 5) is 17.3. The van der Waals surface area contributed by atoms with E-state index in [1.54, 1.807) is 12.1 Å². The molecule has 0 fully saturated rings. The van der Waals surface area contributed by atoms with Crippen molar-refractivity contribution >= 4 is 51.8 Å². The van der Waals surface area contributed by atoms with Crippen LogP contribution in [0.3, 0.4) is 0 Å². The van der Waals surface area contributed by atoms with Gasteiger partial charge in [-0.1, -0.05) is 60.5 Å². The second kappa shape index (κ2) is 7.01. The molecule has 1 N–H and O–H groups in total. The third-order valence-electron chi connectivity index (χ3n) is 3.54. The quantitative estimate of drug-likeness (QED) is 0.564. The third kappa shape index (κ3) is 2.97. The molecule has 0 atom stereocenters. The van der Waals surface area contributed by atoms with Crippen molar-refractivity contribution < 1.29 is 9.90 Å². The van der Waals surface area contributed by atoms with Crippen molar-refractivity contribution in [3.8, 4) is 11.3 Å². The molecule has 1 heterocycles. The number of pyridine rings is 1. The van der Waals surface area contributed by atoms with Gasteiger partial charge in [0.05, 0.1) is 26.8 Å². The second-order valence-electron chi connectivity index (χ2n) is 5.02. The van der Waals surface area contributed by atoms with Crippen LogP contribution in [0.1, 0.15) is 17.3 Å². The predicted molar refractivity (Wildman–Crippen MR) is 101 cm³/mol. The minimum Gasteiger partial charge on any atom is -0.478 e. The summed E-state index contributed by atoms with van der Waals surface area (Å²) in [6.45, 7) is 1.97. The summed E-state index contributed by atoms with van der Waals surface area (Å²) in [6.07, 6.45) is 0. The number of hydrogen-bond acceptors (Lipinski definition) is 3. The lowest BCUT2D eigenvalue weighted by Crippen LogP contribution is -2.05. The molecule has 0 amide bonds. The molecule has 1 aromatic heterocycles. The van der Waals surface area contributed by atoms with Gasteiger partial charge in [-0.2, -0.15) is 0 Å². The number of carbonyl (C=O) groups is 1. The Morgan fingerprint density at radius 3 is 2.42 bits per heavy atom. The third-order valence-corrected chi connectivity index (χ3v) is 5.14. The van der Waals surface area contributed by atoms with Crippen molar-refractivity contribution in [3.63, 3.8) is 0 Å². The van der Waals surface area contributed by atoms with Gasteiger partial charge in [-0.05, 0) is 17.9 Å². The second-order valence-corrected chi connectivity index (χ2v) is 7.11. The van der Waals surface area contributed by atoms with Crippen LogP contribution in [0.5, 0.6) is 0 Å². The Bertz CT molecular complexity index is 929. The molecular weight excluding hydrogens is 365 g/mol. The zero-order valence-corrected chi connectivity index (χ0v) is 15.0. The number of halogens is 2. The molecule has 0 aliphatic heterocycles. The molecule has 3 nitrogen and oxygen atoms in total. The van der Waals surface area contributed by atoms with E-state index in [1.165, 1.54) is 11.8 Å². The van der Waals surface area contributed by atoms with E-state index in [0.29, 0.717) is 37.3 Å². The van der Waals surface area contributed by atoms with Gasteiger partial charge >= 0.3 is 5.97 Å². The fourth-order valence-corrected chi connectivity index (χ4v) is 3.93. The minimum absolute atomic E-state index is 0.151. The SMILES string of the molecule is CCSc1c(-c2ccccc2)nc2c(Cl)ccc(Cl)c2c1C(=O)O. The number of rotatable bonds is 4. The predicted octanol–water partition coefficient (Wildman–Crippen LogP) is 6.02. The van der Waals surface area contributed by atoms with Crippen LogP contribution in [0.15, 0.2) is 47.4 Å². The van der Waals surface area contributed by atoms with Crippen molar-refractivity contribution in [2.75, 3.05) is 5.75 Å². The molecule has 0 unspecified atom stereocenters. The summed E-state index contributed by atoms with van der Waals surface area (Å²) in [6, 6.07) is 12.7. The molecule has 3 rings (SSSR count). The lowest BCUT2D eigenvalue weighted by Gasteiger charge is -2.15. The maximum absolute atomic E-state index is 12.0. The molecular formula is C18H13Cl2NO2S. The number of hydrogen-bond donors (Lipinski definition) is 1. The van der Waals surface area contributed by atoms with Crippen LogP contribution in [-0.2, 0) is 0 Å². The van der Waals surface area contributed by atoms with Gasteiger partial charge in [-0.15, -0.1) is 11.8 Å². The van der Waals surface area contributed by atoms with Gasteiger partial charge in [0, 0.05) is 15.8 Å². The highest BCUT2D eigenvalue weighted by Gasteiger charge is 2.24. The Morgan fingerprint density at radius 1 is 1.12 bits per heavy atom. The van der Waals surface area contributed by atoms with Gasteiger partial charge in [0.1, 0.15) is 0 Å². The smallest absolute Gasteiger partial charge is 0.337 e. The number of nitrogens with zero attached hydrogens (tertiary/aromatic N) is 1. The summed E-state index contributed by atoms with van der Waals surface area (Å²) >= 11 is 14.0. The van der Waals surface area contributed by atoms with Crippen molar-refractivity contribution in [1.82, 2.24) is 4.98 Å². The largest absolute Gasteiger partial charge is 0.478 e. The molecule has 0 aliphatic carbocycles. The van der Waals surface area contributed by atoms with E-state index in [-0.39, 0.29) is 5.56 Å². The molecule has 6 heteroatoms. The Morgan fingerprint density at radius 2 is 1.79 bits per heavy atom. The van der Waals surface area contributed by atoms with E-state index in [1.807, 2.05) is 37.3 Å². The number of carboxylic acids is 1. The van der Waals surface area contributed by atoms with E-state index in [2.05, 4.69) is 4.98 Å². The zero-order chi connectivity index (χ0) is 17.3. The number of benzene rings is 2. The monoisotopic (exact) mass is 377 g/mol. The Hall–Kier alpha value is -1.75. The summed E-state index contributed by atoms with van der Waals surface area (Å²) in [7, 11) is 0. The average molecular weight is 378 g/mol. The van der Waals surface area contributed by atoms with Gasteiger partial charge in [0.2, 0.25) is 0 Å². The van der Waals surface area contributed by atoms with Crippen LogP contribution in [0.25, 0.3) is 22.2 Å². The Balaban J connectivity index is 2.50. The topological polar surface area (TPSA) is 50.2 Å². The van der Waals surface area contributed by atoms with E-state index in [4.69, 9.17) is 23.2 Å². The highest BCUT2D eigenvalue weighted by molar-refractivity contribution is 7.99. The summed E-state index contributed by atoms with van der Waals surface area (Å²) in [5.41, 5.74) is 2.00. The Kier molecular flexibility index (Phi) is 4.99. The van der Waals surface area contributed by atoms with Gasteiger partial charge < -0.3 is 5.11 Å². The van der Waals surface area contributed by atoms with Crippen molar-refractivity contribution in [2.45, 2.75) is 11.8 Å². The van der Waals surface area contributed by atoms with Crippen LogP contribution in [0.4, 0.5) is 0 Å². The fraction of sp³-hybridized carbons (Fsp3) is 0.111. The summed E-state index contributed by atoms with van der Waals surface area (Å²) in [5, 5.41) is 10.9. The first-order valence-corrected chi connectivity index (χ1v) is 9.02. The number of fused-ring (bicyclic) bond motifs is 1. The molecule has 0 saturated heterocycles. The first kappa shape index (κ1) is 17.1. The molecule has 0 spiro atoms. The molecule has 3 aromatic rings. The summed E-state index contributed by atoms with van der Waals surface area (Å²) in [5.74, 6) is -0.328. The lowest BCUT2D eigenvalue weighted by molar-refractivity contribution is 0.0695. The fourth-order valence-electron chi connectivity index (χ4n) is 2.56.